The third-order valence-corrected chi connectivity index (χ3v) is 4.14. The van der Waals surface area contributed by atoms with Gasteiger partial charge in [-0.2, -0.15) is 0 Å². The first-order chi connectivity index (χ1) is 10.4. The Morgan fingerprint density at radius 1 is 0.955 bits per heavy atom. The summed E-state index contributed by atoms with van der Waals surface area (Å²) in [5.41, 5.74) is 4.62. The lowest BCUT2D eigenvalue weighted by Gasteiger charge is -2.21. The second kappa shape index (κ2) is 7.06. The number of methoxy groups -OCH3 is 1. The fourth-order valence-corrected chi connectivity index (χ4v) is 2.72. The smallest absolute Gasteiger partial charge is 0.121 e. The molecule has 3 heteroatoms. The number of hydrogen-bond acceptors (Lipinski definition) is 2. The topological polar surface area (TPSA) is 21.3 Å². The van der Waals surface area contributed by atoms with Gasteiger partial charge in [0.1, 0.15) is 5.75 Å². The molecule has 118 valence electrons. The van der Waals surface area contributed by atoms with E-state index in [9.17, 15) is 0 Å². The van der Waals surface area contributed by atoms with Crippen LogP contribution in [0, 0.1) is 0 Å². The van der Waals surface area contributed by atoms with Crippen molar-refractivity contribution in [3.05, 3.63) is 52.5 Å². The maximum Gasteiger partial charge on any atom is 0.121 e. The third kappa shape index (κ3) is 3.56. The molecule has 1 N–H and O–H groups in total. The van der Waals surface area contributed by atoms with Crippen LogP contribution in [-0.4, -0.2) is 7.11 Å². The van der Waals surface area contributed by atoms with Crippen LogP contribution in [-0.2, 0) is 0 Å². The molecule has 2 aromatic rings. The van der Waals surface area contributed by atoms with Gasteiger partial charge in [-0.1, -0.05) is 57.5 Å². The van der Waals surface area contributed by atoms with Gasteiger partial charge in [0, 0.05) is 11.8 Å². The largest absolute Gasteiger partial charge is 0.497 e. The van der Waals surface area contributed by atoms with E-state index in [0.717, 1.165) is 17.1 Å². The molecule has 0 heterocycles. The molecule has 0 unspecified atom stereocenters. The van der Waals surface area contributed by atoms with E-state index in [0.29, 0.717) is 16.9 Å². The molecule has 0 aliphatic heterocycles. The molecule has 22 heavy (non-hydrogen) atoms. The molecule has 0 saturated heterocycles. The molecule has 0 atom stereocenters. The summed E-state index contributed by atoms with van der Waals surface area (Å²) in [6.07, 6.45) is 0. The van der Waals surface area contributed by atoms with Gasteiger partial charge < -0.3 is 10.1 Å². The Hall–Kier alpha value is -1.67. The first-order valence-electron chi connectivity index (χ1n) is 7.67. The first kappa shape index (κ1) is 16.7. The van der Waals surface area contributed by atoms with Gasteiger partial charge in [-0.15, -0.1) is 0 Å². The molecule has 0 bridgehead atoms. The van der Waals surface area contributed by atoms with Crippen LogP contribution < -0.4 is 10.1 Å². The van der Waals surface area contributed by atoms with Gasteiger partial charge in [0.05, 0.1) is 17.8 Å². The summed E-state index contributed by atoms with van der Waals surface area (Å²) in [6.45, 7) is 8.82. The highest BCUT2D eigenvalue weighted by atomic mass is 35.5. The zero-order chi connectivity index (χ0) is 16.3. The van der Waals surface area contributed by atoms with Crippen molar-refractivity contribution in [2.24, 2.45) is 0 Å². The Balaban J connectivity index is 2.52. The fraction of sp³-hybridized carbons (Fsp3) is 0.368. The number of anilines is 2. The molecule has 2 rings (SSSR count). The number of halogens is 1. The fourth-order valence-electron chi connectivity index (χ4n) is 2.56. The number of hydrogen-bond donors (Lipinski definition) is 1. The molecule has 0 aliphatic rings. The minimum atomic E-state index is 0.436. The lowest BCUT2D eigenvalue weighted by Crippen LogP contribution is -2.04. The van der Waals surface area contributed by atoms with Crippen LogP contribution in [0.2, 0.25) is 5.02 Å². The zero-order valence-corrected chi connectivity index (χ0v) is 14.7. The third-order valence-electron chi connectivity index (χ3n) is 3.81. The van der Waals surface area contributed by atoms with Gasteiger partial charge >= 0.3 is 0 Å². The predicted octanol–water partition coefficient (Wildman–Crippen LogP) is 6.34. The standard InChI is InChI=1S/C19H24ClNO/c1-12(2)15-7-6-8-16(13(3)4)19(15)21-18-11-14(22-5)9-10-17(18)20/h6-13,21H,1-5H3. The highest BCUT2D eigenvalue weighted by Gasteiger charge is 2.15. The zero-order valence-electron chi connectivity index (χ0n) is 13.9. The van der Waals surface area contributed by atoms with E-state index in [2.05, 4.69) is 51.2 Å². The van der Waals surface area contributed by atoms with Crippen molar-refractivity contribution in [3.63, 3.8) is 0 Å². The summed E-state index contributed by atoms with van der Waals surface area (Å²) in [4.78, 5) is 0. The molecule has 2 aromatic carbocycles. The van der Waals surface area contributed by atoms with E-state index < -0.39 is 0 Å². The molecule has 0 aromatic heterocycles. The first-order valence-corrected chi connectivity index (χ1v) is 8.05. The number of para-hydroxylation sites is 1. The number of ether oxygens (including phenoxy) is 1. The number of nitrogens with one attached hydrogen (secondary N) is 1. The van der Waals surface area contributed by atoms with Gasteiger partial charge in [-0.05, 0) is 35.1 Å². The van der Waals surface area contributed by atoms with E-state index in [1.807, 2.05) is 18.2 Å². The molecule has 2 nitrogen and oxygen atoms in total. The van der Waals surface area contributed by atoms with Gasteiger partial charge in [0.2, 0.25) is 0 Å². The molecule has 0 amide bonds. The van der Waals surface area contributed by atoms with E-state index in [-0.39, 0.29) is 0 Å². The monoisotopic (exact) mass is 317 g/mol. The van der Waals surface area contributed by atoms with E-state index in [4.69, 9.17) is 16.3 Å². The Labute approximate surface area is 138 Å². The highest BCUT2D eigenvalue weighted by Crippen LogP contribution is 2.37. The number of rotatable bonds is 5. The second-order valence-electron chi connectivity index (χ2n) is 6.09. The summed E-state index contributed by atoms with van der Waals surface area (Å²) in [5.74, 6) is 1.66. The molecule has 0 aliphatic carbocycles. The lowest BCUT2D eigenvalue weighted by atomic mass is 9.92. The summed E-state index contributed by atoms with van der Waals surface area (Å²) in [6, 6.07) is 12.1. The van der Waals surface area contributed by atoms with Crippen molar-refractivity contribution in [3.8, 4) is 5.75 Å². The summed E-state index contributed by atoms with van der Waals surface area (Å²) >= 11 is 6.35. The van der Waals surface area contributed by atoms with Crippen LogP contribution in [0.3, 0.4) is 0 Å². The van der Waals surface area contributed by atoms with Crippen LogP contribution in [0.4, 0.5) is 11.4 Å². The molecular formula is C19H24ClNO. The van der Waals surface area contributed by atoms with Crippen molar-refractivity contribution in [2.75, 3.05) is 12.4 Å². The Bertz CT molecular complexity index is 624. The van der Waals surface area contributed by atoms with Crippen molar-refractivity contribution in [1.82, 2.24) is 0 Å². The molecular weight excluding hydrogens is 294 g/mol. The average molecular weight is 318 g/mol. The van der Waals surface area contributed by atoms with Crippen molar-refractivity contribution >= 4 is 23.0 Å². The van der Waals surface area contributed by atoms with Crippen LogP contribution in [0.15, 0.2) is 36.4 Å². The highest BCUT2D eigenvalue weighted by molar-refractivity contribution is 6.33. The van der Waals surface area contributed by atoms with Crippen LogP contribution >= 0.6 is 11.6 Å². The Morgan fingerprint density at radius 3 is 2.05 bits per heavy atom. The summed E-state index contributed by atoms with van der Waals surface area (Å²) < 4.78 is 5.30. The minimum Gasteiger partial charge on any atom is -0.497 e. The minimum absolute atomic E-state index is 0.436. The summed E-state index contributed by atoms with van der Waals surface area (Å²) in [7, 11) is 1.66. The van der Waals surface area contributed by atoms with E-state index in [1.165, 1.54) is 11.1 Å². The number of benzene rings is 2. The lowest BCUT2D eigenvalue weighted by molar-refractivity contribution is 0.415. The van der Waals surface area contributed by atoms with Crippen LogP contribution in [0.25, 0.3) is 0 Å². The van der Waals surface area contributed by atoms with Gasteiger partial charge in [0.25, 0.3) is 0 Å². The van der Waals surface area contributed by atoms with Crippen LogP contribution in [0.1, 0.15) is 50.7 Å². The maximum atomic E-state index is 6.35. The second-order valence-corrected chi connectivity index (χ2v) is 6.50. The predicted molar refractivity (Wildman–Crippen MR) is 95.9 cm³/mol. The molecule has 0 saturated carbocycles. The van der Waals surface area contributed by atoms with Gasteiger partial charge in [-0.25, -0.2) is 0 Å². The quantitative estimate of drug-likeness (QED) is 0.694. The SMILES string of the molecule is COc1ccc(Cl)c(Nc2c(C(C)C)cccc2C(C)C)c1. The van der Waals surface area contributed by atoms with E-state index in [1.54, 1.807) is 7.11 Å². The maximum absolute atomic E-state index is 6.35. The normalized spacial score (nSPS) is 11.1. The van der Waals surface area contributed by atoms with Gasteiger partial charge in [-0.3, -0.25) is 0 Å². The van der Waals surface area contributed by atoms with Gasteiger partial charge in [0.15, 0.2) is 0 Å². The molecule has 0 spiro atoms. The van der Waals surface area contributed by atoms with Crippen molar-refractivity contribution in [2.45, 2.75) is 39.5 Å². The van der Waals surface area contributed by atoms with Crippen LogP contribution in [0.5, 0.6) is 5.75 Å². The van der Waals surface area contributed by atoms with Crippen molar-refractivity contribution in [1.29, 1.82) is 0 Å². The molecule has 0 fully saturated rings. The van der Waals surface area contributed by atoms with E-state index >= 15 is 0 Å². The Morgan fingerprint density at radius 2 is 1.55 bits per heavy atom. The Kier molecular flexibility index (Phi) is 5.36. The summed E-state index contributed by atoms with van der Waals surface area (Å²) in [5, 5.41) is 4.22. The molecule has 0 radical (unpaired) electrons. The van der Waals surface area contributed by atoms with Crippen molar-refractivity contribution < 1.29 is 4.74 Å². The average Bonchev–Trinajstić information content (AvgIpc) is 2.49.